The topological polar surface area (TPSA) is 9.86 Å². The first-order chi connectivity index (χ1) is 28.2. The second-order valence-corrected chi connectivity index (χ2v) is 16.0. The Morgan fingerprint density at radius 3 is 1.89 bits per heavy atom. The standard InChI is InChI=1S/C54H38N2S/c1-36-16-11-12-31-55-48-29-9-10-30-50(48)57-51-35-49-53(52(36)54(51)55)46-27-7-8-28-47(46)56(49)43-24-15-22-41(34-43)39-20-13-19-38(32-39)40-21-14-23-42(33-40)45-26-6-5-25-44(45)37-17-3-2-4-18-37/h2-8,11-35H,1,9-10H2. The fourth-order valence-corrected chi connectivity index (χ4v) is 10.1. The molecule has 0 amide bonds. The van der Waals surface area contributed by atoms with Gasteiger partial charge in [-0.25, -0.2) is 0 Å². The average molecular weight is 747 g/mol. The maximum absolute atomic E-state index is 4.66. The van der Waals surface area contributed by atoms with E-state index < -0.39 is 0 Å². The van der Waals surface area contributed by atoms with Crippen molar-refractivity contribution in [2.24, 2.45) is 0 Å². The van der Waals surface area contributed by atoms with E-state index >= 15 is 0 Å². The van der Waals surface area contributed by atoms with Crippen molar-refractivity contribution in [3.8, 4) is 55.9 Å². The zero-order valence-corrected chi connectivity index (χ0v) is 32.2. The van der Waals surface area contributed by atoms with E-state index in [2.05, 4.69) is 210 Å². The summed E-state index contributed by atoms with van der Waals surface area (Å²) in [7, 11) is 0. The van der Waals surface area contributed by atoms with Gasteiger partial charge < -0.3 is 9.13 Å². The molecule has 8 aromatic rings. The Bertz CT molecular complexity index is 3380. The van der Waals surface area contributed by atoms with E-state index in [0.29, 0.717) is 0 Å². The van der Waals surface area contributed by atoms with Crippen LogP contribution in [0.25, 0.3) is 107 Å². The van der Waals surface area contributed by atoms with E-state index in [4.69, 9.17) is 0 Å². The predicted octanol–water partition coefficient (Wildman–Crippen LogP) is 12.5. The van der Waals surface area contributed by atoms with Gasteiger partial charge >= 0.3 is 0 Å². The predicted molar refractivity (Wildman–Crippen MR) is 244 cm³/mol. The molecule has 0 bridgehead atoms. The largest absolute Gasteiger partial charge is 0.314 e. The molecular weight excluding hydrogens is 709 g/mol. The molecule has 0 atom stereocenters. The second kappa shape index (κ2) is 13.7. The number of aromatic nitrogens is 2. The van der Waals surface area contributed by atoms with E-state index in [9.17, 15) is 0 Å². The molecule has 1 aliphatic carbocycles. The number of benzene rings is 7. The van der Waals surface area contributed by atoms with Crippen LogP contribution in [0.3, 0.4) is 0 Å². The molecule has 1 aromatic heterocycles. The molecule has 0 N–H and O–H groups in total. The highest BCUT2D eigenvalue weighted by molar-refractivity contribution is 7.16. The third-order valence-corrected chi connectivity index (χ3v) is 12.6. The van der Waals surface area contributed by atoms with E-state index in [1.165, 1.54) is 92.0 Å². The Kier molecular flexibility index (Phi) is 8.01. The van der Waals surface area contributed by atoms with Crippen molar-refractivity contribution in [3.63, 3.8) is 0 Å². The zero-order chi connectivity index (χ0) is 37.9. The molecule has 3 heterocycles. The number of para-hydroxylation sites is 1. The maximum atomic E-state index is 4.66. The van der Waals surface area contributed by atoms with Crippen LogP contribution >= 0.6 is 11.3 Å². The Morgan fingerprint density at radius 2 is 1.09 bits per heavy atom. The molecule has 270 valence electrons. The summed E-state index contributed by atoms with van der Waals surface area (Å²) in [6.45, 7) is 4.66. The number of hydrogen-bond donors (Lipinski definition) is 0. The molecule has 2 nitrogen and oxygen atoms in total. The zero-order valence-electron chi connectivity index (χ0n) is 31.4. The highest BCUT2D eigenvalue weighted by Gasteiger charge is 2.21. The lowest BCUT2D eigenvalue weighted by Gasteiger charge is -2.18. The molecule has 3 aliphatic rings. The molecular formula is C54H38N2S. The van der Waals surface area contributed by atoms with Crippen LogP contribution < -0.4 is 15.1 Å². The van der Waals surface area contributed by atoms with Crippen molar-refractivity contribution < 1.29 is 0 Å². The van der Waals surface area contributed by atoms with Gasteiger partial charge in [0.25, 0.3) is 0 Å². The minimum Gasteiger partial charge on any atom is -0.314 e. The summed E-state index contributed by atoms with van der Waals surface area (Å²) in [5.74, 6) is 0. The van der Waals surface area contributed by atoms with Crippen LogP contribution in [-0.2, 0) is 0 Å². The first-order valence-corrected chi connectivity index (χ1v) is 20.5. The molecule has 57 heavy (non-hydrogen) atoms. The van der Waals surface area contributed by atoms with Crippen molar-refractivity contribution >= 4 is 62.0 Å². The summed E-state index contributed by atoms with van der Waals surface area (Å²) in [6.07, 6.45) is 9.14. The van der Waals surface area contributed by atoms with Gasteiger partial charge in [-0.1, -0.05) is 152 Å². The summed E-state index contributed by atoms with van der Waals surface area (Å²) in [5.41, 5.74) is 14.4. The average Bonchev–Trinajstić information content (AvgIpc) is 3.60. The van der Waals surface area contributed by atoms with Gasteiger partial charge in [-0.15, -0.1) is 11.3 Å². The lowest BCUT2D eigenvalue weighted by Crippen LogP contribution is -2.35. The molecule has 7 aromatic carbocycles. The van der Waals surface area contributed by atoms with Crippen molar-refractivity contribution in [2.45, 2.75) is 12.8 Å². The molecule has 0 fully saturated rings. The maximum Gasteiger partial charge on any atom is 0.0714 e. The highest BCUT2D eigenvalue weighted by Crippen LogP contribution is 2.40. The Morgan fingerprint density at radius 1 is 0.474 bits per heavy atom. The van der Waals surface area contributed by atoms with E-state index in [-0.39, 0.29) is 0 Å². The molecule has 0 saturated heterocycles. The van der Waals surface area contributed by atoms with Gasteiger partial charge in [0.2, 0.25) is 0 Å². The summed E-state index contributed by atoms with van der Waals surface area (Å²) >= 11 is 1.89. The van der Waals surface area contributed by atoms with Crippen LogP contribution in [0.5, 0.6) is 0 Å². The van der Waals surface area contributed by atoms with Crippen molar-refractivity contribution in [3.05, 3.63) is 197 Å². The van der Waals surface area contributed by atoms with Gasteiger partial charge in [0, 0.05) is 32.6 Å². The molecule has 11 rings (SSSR count). The third kappa shape index (κ3) is 5.62. The van der Waals surface area contributed by atoms with E-state index in [1.54, 1.807) is 0 Å². The lowest BCUT2D eigenvalue weighted by atomic mass is 9.92. The number of nitrogens with zero attached hydrogens (tertiary/aromatic N) is 2. The summed E-state index contributed by atoms with van der Waals surface area (Å²) < 4.78 is 7.44. The van der Waals surface area contributed by atoms with Gasteiger partial charge in [-0.3, -0.25) is 0 Å². The number of fused-ring (bicyclic) bond motifs is 6. The highest BCUT2D eigenvalue weighted by atomic mass is 32.1. The van der Waals surface area contributed by atoms with Gasteiger partial charge in [0.05, 0.1) is 26.8 Å². The molecule has 3 heteroatoms. The fourth-order valence-electron chi connectivity index (χ4n) is 8.91. The summed E-state index contributed by atoms with van der Waals surface area (Å²) in [4.78, 5) is 0. The van der Waals surface area contributed by atoms with Crippen LogP contribution in [0, 0.1) is 0 Å². The van der Waals surface area contributed by atoms with Gasteiger partial charge in [-0.05, 0) is 105 Å². The molecule has 0 saturated carbocycles. The quantitative estimate of drug-likeness (QED) is 0.166. The van der Waals surface area contributed by atoms with Crippen LogP contribution in [0.1, 0.15) is 12.8 Å². The minimum absolute atomic E-state index is 1.02. The van der Waals surface area contributed by atoms with E-state index in [0.717, 1.165) is 23.7 Å². The normalized spacial score (nSPS) is 12.4. The first-order valence-electron chi connectivity index (χ1n) is 19.7. The fraction of sp³-hybridized carbons (Fsp3) is 0.0370. The number of hydrogen-bond acceptors (Lipinski definition) is 1. The van der Waals surface area contributed by atoms with Gasteiger partial charge in [0.15, 0.2) is 0 Å². The summed E-state index contributed by atoms with van der Waals surface area (Å²) in [6, 6.07) is 64.0. The van der Waals surface area contributed by atoms with Crippen LogP contribution in [0.2, 0.25) is 0 Å². The Balaban J connectivity index is 1.07. The Labute approximate surface area is 335 Å². The molecule has 0 spiro atoms. The van der Waals surface area contributed by atoms with Crippen molar-refractivity contribution in [2.75, 3.05) is 0 Å². The summed E-state index contributed by atoms with van der Waals surface area (Å²) in [5, 5.41) is 5.98. The minimum atomic E-state index is 1.02. The molecule has 2 aliphatic heterocycles. The van der Waals surface area contributed by atoms with Gasteiger partial charge in [-0.2, -0.15) is 0 Å². The second-order valence-electron chi connectivity index (χ2n) is 14.9. The van der Waals surface area contributed by atoms with Crippen LogP contribution in [0.15, 0.2) is 182 Å². The monoisotopic (exact) mass is 746 g/mol. The van der Waals surface area contributed by atoms with Crippen LogP contribution in [0.4, 0.5) is 0 Å². The SMILES string of the molecule is C=c1ccccn2c3c(sc4cc5c(c1c4-2)c1ccccc1n5-c1cccc(-c2cccc(-c4cccc(-c5ccccc5-c5ccccc5)c4)c2)c1)=CCCC=3. The van der Waals surface area contributed by atoms with Crippen LogP contribution in [-0.4, -0.2) is 9.13 Å². The molecule has 0 unspecified atom stereocenters. The number of rotatable bonds is 5. The van der Waals surface area contributed by atoms with Crippen molar-refractivity contribution in [1.82, 2.24) is 9.13 Å². The molecule has 0 radical (unpaired) electrons. The van der Waals surface area contributed by atoms with Gasteiger partial charge in [0.1, 0.15) is 0 Å². The lowest BCUT2D eigenvalue weighted by molar-refractivity contribution is 0.985. The third-order valence-electron chi connectivity index (χ3n) is 11.5. The van der Waals surface area contributed by atoms with Crippen molar-refractivity contribution in [1.29, 1.82) is 0 Å². The van der Waals surface area contributed by atoms with E-state index in [1.807, 2.05) is 11.3 Å². The first kappa shape index (κ1) is 33.4. The smallest absolute Gasteiger partial charge is 0.0714 e. The Hall–Kier alpha value is -6.94.